The number of rotatable bonds is 3. The van der Waals surface area contributed by atoms with Crippen LogP contribution in [0.4, 0.5) is 13.2 Å². The van der Waals surface area contributed by atoms with E-state index in [1.165, 1.54) is 10.6 Å². The Hall–Kier alpha value is -2.32. The number of aromatic nitrogens is 3. The zero-order chi connectivity index (χ0) is 17.6. The van der Waals surface area contributed by atoms with E-state index in [1.54, 1.807) is 30.3 Å². The van der Waals surface area contributed by atoms with Crippen molar-refractivity contribution >= 4 is 17.2 Å². The maximum Gasteiger partial charge on any atom is 0.387 e. The van der Waals surface area contributed by atoms with Crippen LogP contribution in [0.2, 0.25) is 5.15 Å². The van der Waals surface area contributed by atoms with Gasteiger partial charge in [-0.25, -0.2) is 13.9 Å². The van der Waals surface area contributed by atoms with E-state index in [-0.39, 0.29) is 23.1 Å². The van der Waals surface area contributed by atoms with Gasteiger partial charge in [-0.3, -0.25) is 0 Å². The molecule has 2 aromatic heterocycles. The summed E-state index contributed by atoms with van der Waals surface area (Å²) in [6.07, 6.45) is -1.34. The highest BCUT2D eigenvalue weighted by Gasteiger charge is 2.35. The molecule has 1 aromatic carbocycles. The molecule has 5 nitrogen and oxygen atoms in total. The summed E-state index contributed by atoms with van der Waals surface area (Å²) < 4.78 is 45.8. The second-order valence-corrected chi connectivity index (χ2v) is 5.92. The van der Waals surface area contributed by atoms with Gasteiger partial charge in [-0.05, 0) is 18.2 Å². The summed E-state index contributed by atoms with van der Waals surface area (Å²) in [7, 11) is 0. The van der Waals surface area contributed by atoms with Gasteiger partial charge in [0.15, 0.2) is 11.8 Å². The first-order chi connectivity index (χ1) is 12.0. The summed E-state index contributed by atoms with van der Waals surface area (Å²) >= 11 is 5.95. The fraction of sp³-hybridized carbons (Fsp3) is 0.250. The zero-order valence-electron chi connectivity index (χ0n) is 12.7. The molecule has 1 aliphatic rings. The summed E-state index contributed by atoms with van der Waals surface area (Å²) in [6.45, 7) is -2.97. The van der Waals surface area contributed by atoms with E-state index in [2.05, 4.69) is 20.1 Å². The normalized spacial score (nSPS) is 20.0. The van der Waals surface area contributed by atoms with E-state index in [9.17, 15) is 13.2 Å². The van der Waals surface area contributed by atoms with Gasteiger partial charge in [-0.1, -0.05) is 29.8 Å². The molecule has 0 spiro atoms. The molecule has 1 N–H and O–H groups in total. The molecular formula is C16H12ClF3N4O. The molecule has 130 valence electrons. The van der Waals surface area contributed by atoms with E-state index in [4.69, 9.17) is 11.6 Å². The minimum absolute atomic E-state index is 0.00169. The number of benzene rings is 1. The molecule has 0 saturated heterocycles. The minimum Gasteiger partial charge on any atom is -0.434 e. The van der Waals surface area contributed by atoms with Crippen LogP contribution in [-0.2, 0) is 0 Å². The number of para-hydroxylation sites is 1. The third kappa shape index (κ3) is 2.81. The van der Waals surface area contributed by atoms with Gasteiger partial charge < -0.3 is 10.1 Å². The molecule has 25 heavy (non-hydrogen) atoms. The quantitative estimate of drug-likeness (QED) is 0.766. The Bertz CT molecular complexity index is 933. The second-order valence-electron chi connectivity index (χ2n) is 5.53. The lowest BCUT2D eigenvalue weighted by molar-refractivity contribution is -0.0506. The lowest BCUT2D eigenvalue weighted by atomic mass is 9.96. The number of nitrogens with one attached hydrogen (secondary N) is 1. The van der Waals surface area contributed by atoms with Crippen molar-refractivity contribution in [3.63, 3.8) is 0 Å². The number of halogens is 4. The molecule has 0 fully saturated rings. The Labute approximate surface area is 145 Å². The minimum atomic E-state index is -2.96. The fourth-order valence-electron chi connectivity index (χ4n) is 3.04. The van der Waals surface area contributed by atoms with E-state index >= 15 is 0 Å². The van der Waals surface area contributed by atoms with Crippen molar-refractivity contribution in [2.45, 2.75) is 18.8 Å². The molecule has 1 aliphatic heterocycles. The van der Waals surface area contributed by atoms with Crippen LogP contribution in [0.5, 0.6) is 5.75 Å². The van der Waals surface area contributed by atoms with Crippen LogP contribution in [0.15, 0.2) is 36.4 Å². The highest BCUT2D eigenvalue weighted by atomic mass is 35.5. The smallest absolute Gasteiger partial charge is 0.387 e. The van der Waals surface area contributed by atoms with Gasteiger partial charge in [-0.2, -0.15) is 13.9 Å². The van der Waals surface area contributed by atoms with Crippen molar-refractivity contribution in [1.29, 1.82) is 0 Å². The Kier molecular flexibility index (Phi) is 4.01. The third-order valence-electron chi connectivity index (χ3n) is 4.03. The number of imidazole rings is 1. The lowest BCUT2D eigenvalue weighted by Gasteiger charge is -2.27. The third-order valence-corrected chi connectivity index (χ3v) is 4.23. The van der Waals surface area contributed by atoms with Crippen molar-refractivity contribution in [2.24, 2.45) is 0 Å². The molecule has 0 bridgehead atoms. The molecule has 0 aliphatic carbocycles. The summed E-state index contributed by atoms with van der Waals surface area (Å²) in [6, 6.07) is 8.93. The van der Waals surface area contributed by atoms with E-state index in [1.807, 2.05) is 0 Å². The average molecular weight is 369 g/mol. The predicted molar refractivity (Wildman–Crippen MR) is 84.8 cm³/mol. The molecule has 0 saturated carbocycles. The van der Waals surface area contributed by atoms with Gasteiger partial charge in [0.05, 0.1) is 11.7 Å². The van der Waals surface area contributed by atoms with Crippen LogP contribution in [0.1, 0.15) is 29.2 Å². The molecule has 0 radical (unpaired) electrons. The van der Waals surface area contributed by atoms with Gasteiger partial charge in [0, 0.05) is 12.1 Å². The number of hydrogen-bond donors (Lipinski definition) is 1. The van der Waals surface area contributed by atoms with Crippen LogP contribution in [0.25, 0.3) is 5.65 Å². The van der Waals surface area contributed by atoms with Crippen LogP contribution in [0.3, 0.4) is 0 Å². The molecule has 2 atom stereocenters. The second kappa shape index (κ2) is 6.20. The van der Waals surface area contributed by atoms with Crippen molar-refractivity contribution in [3.05, 3.63) is 58.5 Å². The first-order valence-corrected chi connectivity index (χ1v) is 7.88. The number of ether oxygens (including phenoxy) is 1. The molecule has 3 aromatic rings. The summed E-state index contributed by atoms with van der Waals surface area (Å²) in [5.74, 6) is 0.00948. The highest BCUT2D eigenvalue weighted by Crippen LogP contribution is 2.38. The monoisotopic (exact) mass is 368 g/mol. The molecule has 0 amide bonds. The lowest BCUT2D eigenvalue weighted by Crippen LogP contribution is -2.33. The topological polar surface area (TPSA) is 51.5 Å². The number of alkyl halides is 3. The largest absolute Gasteiger partial charge is 0.434 e. The van der Waals surface area contributed by atoms with E-state index < -0.39 is 18.8 Å². The van der Waals surface area contributed by atoms with Gasteiger partial charge in [-0.15, -0.1) is 0 Å². The summed E-state index contributed by atoms with van der Waals surface area (Å²) in [5, 5.41) is 7.40. The highest BCUT2D eigenvalue weighted by molar-refractivity contribution is 6.29. The van der Waals surface area contributed by atoms with Crippen molar-refractivity contribution in [3.8, 4) is 5.75 Å². The van der Waals surface area contributed by atoms with Gasteiger partial charge in [0.1, 0.15) is 16.6 Å². The molecular weight excluding hydrogens is 357 g/mol. The van der Waals surface area contributed by atoms with Crippen LogP contribution >= 0.6 is 11.6 Å². The Morgan fingerprint density at radius 1 is 1.24 bits per heavy atom. The molecule has 9 heteroatoms. The summed E-state index contributed by atoms with van der Waals surface area (Å²) in [4.78, 5) is 4.28. The zero-order valence-corrected chi connectivity index (χ0v) is 13.4. The van der Waals surface area contributed by atoms with Crippen LogP contribution in [0, 0.1) is 0 Å². The molecule has 2 unspecified atom stereocenters. The Balaban J connectivity index is 1.91. The van der Waals surface area contributed by atoms with E-state index in [0.29, 0.717) is 16.9 Å². The van der Waals surface area contributed by atoms with Crippen LogP contribution < -0.4 is 10.1 Å². The van der Waals surface area contributed by atoms with Crippen molar-refractivity contribution in [1.82, 2.24) is 19.9 Å². The first-order valence-electron chi connectivity index (χ1n) is 7.51. The Morgan fingerprint density at radius 2 is 2.04 bits per heavy atom. The molecule has 3 heterocycles. The average Bonchev–Trinajstić information content (AvgIpc) is 2.95. The van der Waals surface area contributed by atoms with Gasteiger partial charge >= 0.3 is 6.61 Å². The fourth-order valence-corrected chi connectivity index (χ4v) is 3.18. The maximum atomic E-state index is 14.4. The van der Waals surface area contributed by atoms with Crippen LogP contribution in [-0.4, -0.2) is 27.8 Å². The number of fused-ring (bicyclic) bond motifs is 3. The molecule has 4 rings (SSSR count). The van der Waals surface area contributed by atoms with Crippen molar-refractivity contribution < 1.29 is 17.9 Å². The number of hydrogen-bond acceptors (Lipinski definition) is 4. The first kappa shape index (κ1) is 16.2. The van der Waals surface area contributed by atoms with Crippen molar-refractivity contribution in [2.75, 3.05) is 6.54 Å². The van der Waals surface area contributed by atoms with Gasteiger partial charge in [0.25, 0.3) is 0 Å². The maximum absolute atomic E-state index is 14.4. The summed E-state index contributed by atoms with van der Waals surface area (Å²) in [5.41, 5.74) is 1.50. The predicted octanol–water partition coefficient (Wildman–Crippen LogP) is 3.69. The number of nitrogens with zero attached hydrogens (tertiary/aromatic N) is 3. The van der Waals surface area contributed by atoms with Gasteiger partial charge in [0.2, 0.25) is 0 Å². The Morgan fingerprint density at radius 3 is 2.84 bits per heavy atom. The van der Waals surface area contributed by atoms with E-state index in [0.717, 1.165) is 0 Å². The SMILES string of the molecule is FC(F)Oc1ccccc1C1NCC(F)c2nc3ccc(Cl)nn3c21. The standard InChI is InChI=1S/C16H12ClF3N4O/c17-11-5-6-12-22-14-9(18)7-21-13(15(14)24(12)23-11)8-3-1-2-4-10(8)25-16(19)20/h1-6,9,13,16,21H,7H2.